The standard InChI is InChI=1S/C23H26N4O.C22H25N5O.2C21H23N5O.C18H23N5O2/c1-16-8-7-11-20(14-16)24-23-21-15-26(18(3)28)13-12-22(21)27(25-23)17(2)19-9-5-4-6-10-19;1-16-4-3-5-19(14-16)24-22-20-15-26(17(2)28)12-9-21(20)27(25-22)13-8-18-6-10-23-11-7-18;1-15-5-3-7-18(11-15)23-21-19-14-25(16(2)27)10-8-20(19)26(24-21)13-17-6-4-9-22-12-17;1-15-6-5-8-17(12-15)23-21-19-14-25(16(2)27)11-9-20(19)26(24-21)13-18-7-3-4-10-22-18;1-12-5-4-6-14(9-12)20-18-15-10-22(13(2)24)8-7-16(15)23(21-18)11-17(25)19-3/h4-11,14,17H,12-13,15H2,1-3H3,(H,24,25);3-7,10-11,14H,8-9,12-13,15H2,1-2H3,(H,24,25);3-7,9,11-12H,8,10,13-14H2,1-2H3,(H,23,24);3-8,10,12H,9,11,13-14H2,1-2H3,(H,23,24);4-6,9H,7-8,10-11H2,1-3H3,(H,19,25)(H,20,21). The smallest absolute Gasteiger partial charge is 0.241 e. The molecule has 0 saturated heterocycles. The summed E-state index contributed by atoms with van der Waals surface area (Å²) in [5.74, 6) is 4.40. The highest BCUT2D eigenvalue weighted by molar-refractivity contribution is 5.79. The van der Waals surface area contributed by atoms with Gasteiger partial charge in [0.1, 0.15) is 6.54 Å². The van der Waals surface area contributed by atoms with E-state index in [0.717, 1.165) is 167 Å². The van der Waals surface area contributed by atoms with Crippen LogP contribution in [-0.4, -0.2) is 164 Å². The van der Waals surface area contributed by atoms with Gasteiger partial charge in [-0.25, -0.2) is 0 Å². The van der Waals surface area contributed by atoms with Crippen LogP contribution in [0, 0.1) is 34.6 Å². The van der Waals surface area contributed by atoms with Crippen molar-refractivity contribution in [3.05, 3.63) is 332 Å². The molecule has 6 N–H and O–H groups in total. The monoisotopic (exact) mass is 1810 g/mol. The highest BCUT2D eigenvalue weighted by atomic mass is 16.2. The molecule has 30 heteroatoms. The third-order valence-corrected chi connectivity index (χ3v) is 24.9. The molecule has 0 fully saturated rings. The first kappa shape index (κ1) is 94.3. The van der Waals surface area contributed by atoms with Crippen LogP contribution in [0.2, 0.25) is 0 Å². The topological polar surface area (TPSA) is 319 Å². The van der Waals surface area contributed by atoms with E-state index >= 15 is 0 Å². The summed E-state index contributed by atoms with van der Waals surface area (Å²) < 4.78 is 10.0. The van der Waals surface area contributed by atoms with E-state index in [1.165, 1.54) is 56.2 Å². The molecule has 30 nitrogen and oxygen atoms in total. The molecule has 135 heavy (non-hydrogen) atoms. The zero-order valence-corrected chi connectivity index (χ0v) is 79.1. The van der Waals surface area contributed by atoms with Crippen molar-refractivity contribution in [1.29, 1.82) is 0 Å². The number of amides is 6. The van der Waals surface area contributed by atoms with E-state index < -0.39 is 0 Å². The zero-order chi connectivity index (χ0) is 94.8. The van der Waals surface area contributed by atoms with Crippen molar-refractivity contribution in [1.82, 2.24) is 93.7 Å². The van der Waals surface area contributed by atoms with Crippen molar-refractivity contribution in [3.8, 4) is 0 Å². The molecule has 1 unspecified atom stereocenters. The van der Waals surface area contributed by atoms with Gasteiger partial charge in [-0.05, 0) is 183 Å². The molecule has 5 aliphatic heterocycles. The number of likely N-dealkylation sites (N-methyl/N-ethyl adjacent to an activating group) is 1. The molecule has 5 aliphatic rings. The van der Waals surface area contributed by atoms with Crippen molar-refractivity contribution >= 4 is 93.0 Å². The molecule has 0 bridgehead atoms. The van der Waals surface area contributed by atoms with Crippen LogP contribution >= 0.6 is 0 Å². The Morgan fingerprint density at radius 1 is 0.348 bits per heavy atom. The molecule has 19 rings (SSSR count). The maximum absolute atomic E-state index is 12.0. The van der Waals surface area contributed by atoms with Crippen molar-refractivity contribution in [2.45, 2.75) is 180 Å². The predicted molar refractivity (Wildman–Crippen MR) is 526 cm³/mol. The molecule has 0 saturated carbocycles. The number of benzene rings is 6. The van der Waals surface area contributed by atoms with E-state index in [1.54, 1.807) is 63.6 Å². The summed E-state index contributed by atoms with van der Waals surface area (Å²) >= 11 is 0. The number of aryl methyl sites for hydroxylation is 7. The Labute approximate surface area is 788 Å². The first-order valence-electron chi connectivity index (χ1n) is 46.1. The lowest BCUT2D eigenvalue weighted by Gasteiger charge is -2.27. The average molecular weight is 1810 g/mol. The molecule has 0 aliphatic carbocycles. The largest absolute Gasteiger partial charge is 0.358 e. The average Bonchev–Trinajstić information content (AvgIpc) is 1.57. The number of nitrogens with zero attached hydrogens (tertiary/aromatic N) is 18. The number of rotatable bonds is 21. The van der Waals surface area contributed by atoms with Crippen molar-refractivity contribution < 1.29 is 28.8 Å². The second-order valence-corrected chi connectivity index (χ2v) is 35.0. The number of carbonyl (C=O) groups excluding carboxylic acids is 6. The van der Waals surface area contributed by atoms with Crippen LogP contribution in [-0.2, 0) is 126 Å². The zero-order valence-electron chi connectivity index (χ0n) is 79.1. The molecule has 0 radical (unpaired) electrons. The summed E-state index contributed by atoms with van der Waals surface area (Å²) in [6.45, 7) is 29.3. The summed E-state index contributed by atoms with van der Waals surface area (Å²) in [5.41, 5.74) is 26.7. The first-order chi connectivity index (χ1) is 65.3. The first-order valence-corrected chi connectivity index (χ1v) is 46.1. The lowest BCUT2D eigenvalue weighted by atomic mass is 10.0. The molecular weight excluding hydrogens is 1690 g/mol. The Hall–Kier alpha value is -15.4. The predicted octanol–water partition coefficient (Wildman–Crippen LogP) is 16.1. The minimum absolute atomic E-state index is 0.0474. The normalized spacial score (nSPS) is 13.6. The van der Waals surface area contributed by atoms with Crippen LogP contribution in [0.15, 0.2) is 225 Å². The number of anilines is 10. The van der Waals surface area contributed by atoms with E-state index in [-0.39, 0.29) is 48.0 Å². The summed E-state index contributed by atoms with van der Waals surface area (Å²) in [6.07, 6.45) is 13.9. The fraction of sp³-hybridized carbons (Fsp3) is 0.314. The molecule has 6 amide bonds. The Kier molecular flexibility index (Phi) is 30.6. The van der Waals surface area contributed by atoms with Gasteiger partial charge < -0.3 is 56.4 Å². The maximum Gasteiger partial charge on any atom is 0.241 e. The molecule has 8 aromatic heterocycles. The third-order valence-electron chi connectivity index (χ3n) is 24.9. The van der Waals surface area contributed by atoms with Crippen molar-refractivity contribution in [2.24, 2.45) is 0 Å². The second-order valence-electron chi connectivity index (χ2n) is 35.0. The van der Waals surface area contributed by atoms with E-state index in [9.17, 15) is 28.8 Å². The van der Waals surface area contributed by atoms with Gasteiger partial charge in [0.2, 0.25) is 35.4 Å². The van der Waals surface area contributed by atoms with Gasteiger partial charge in [0.25, 0.3) is 0 Å². The molecule has 6 aromatic carbocycles. The van der Waals surface area contributed by atoms with Crippen LogP contribution in [0.25, 0.3) is 0 Å². The molecule has 1 atom stereocenters. The number of hydrogen-bond acceptors (Lipinski definition) is 19. The fourth-order valence-electron chi connectivity index (χ4n) is 17.6. The van der Waals surface area contributed by atoms with Gasteiger partial charge in [-0.3, -0.25) is 67.1 Å². The van der Waals surface area contributed by atoms with E-state index in [0.29, 0.717) is 64.6 Å². The van der Waals surface area contributed by atoms with Crippen LogP contribution in [0.4, 0.5) is 57.5 Å². The lowest BCUT2D eigenvalue weighted by Crippen LogP contribution is -2.35. The Bertz CT molecular complexity index is 6360. The lowest BCUT2D eigenvalue weighted by molar-refractivity contribution is -0.130. The van der Waals surface area contributed by atoms with E-state index in [2.05, 4.69) is 175 Å². The van der Waals surface area contributed by atoms with Crippen molar-refractivity contribution in [3.63, 3.8) is 0 Å². The van der Waals surface area contributed by atoms with Gasteiger partial charge in [0.05, 0.1) is 57.5 Å². The quantitative estimate of drug-likeness (QED) is 0.0389. The maximum atomic E-state index is 12.0. The number of nitrogens with one attached hydrogen (secondary N) is 6. The summed E-state index contributed by atoms with van der Waals surface area (Å²) in [5, 5.41) is 43.9. The Morgan fingerprint density at radius 3 is 1.09 bits per heavy atom. The number of pyridine rings is 3. The van der Waals surface area contributed by atoms with E-state index in [1.807, 2.05) is 170 Å². The fourth-order valence-corrected chi connectivity index (χ4v) is 17.6. The van der Waals surface area contributed by atoms with Gasteiger partial charge in [0, 0.05) is 229 Å². The van der Waals surface area contributed by atoms with E-state index in [4.69, 9.17) is 20.4 Å². The number of aromatic nitrogens is 13. The molecule has 14 aromatic rings. The molecule has 0 spiro atoms. The Balaban J connectivity index is 0.000000129. The van der Waals surface area contributed by atoms with Gasteiger partial charge in [-0.2, -0.15) is 25.5 Å². The summed E-state index contributed by atoms with van der Waals surface area (Å²) in [4.78, 5) is 93.3. The minimum Gasteiger partial charge on any atom is -0.358 e. The Morgan fingerprint density at radius 2 is 0.711 bits per heavy atom. The minimum atomic E-state index is -0.0959. The molecule has 13 heterocycles. The molecule has 696 valence electrons. The number of carbonyl (C=O) groups is 6. The van der Waals surface area contributed by atoms with Crippen LogP contribution in [0.1, 0.15) is 154 Å². The highest BCUT2D eigenvalue weighted by Gasteiger charge is 2.34. The third kappa shape index (κ3) is 24.1. The van der Waals surface area contributed by atoms with Gasteiger partial charge in [-0.1, -0.05) is 103 Å². The SMILES string of the molecule is CC(=O)N1CCc2c(c(Nc3cccc(C)c3)nn2C(C)c2ccccc2)C1.CC(=O)N1CCc2c(c(Nc3cccc(C)c3)nn2CCc2ccncc2)C1.CC(=O)N1CCc2c(c(Nc3cccc(C)c3)nn2Cc2ccccn2)C1.CC(=O)N1CCc2c(c(Nc3cccc(C)c3)nn2Cc2cccnc2)C1.CNC(=O)Cn1nc(Nc2cccc(C)c2)c2c1CCN(C(C)=O)C2. The van der Waals surface area contributed by atoms with Crippen LogP contribution in [0.3, 0.4) is 0 Å². The summed E-state index contributed by atoms with van der Waals surface area (Å²) in [6, 6.07) is 65.5. The highest BCUT2D eigenvalue weighted by Crippen LogP contribution is 2.37. The second kappa shape index (κ2) is 43.8. The van der Waals surface area contributed by atoms with Gasteiger partial charge in [0.15, 0.2) is 29.1 Å². The van der Waals surface area contributed by atoms with Gasteiger partial charge in [-0.15, -0.1) is 0 Å². The molecular formula is C105H120N24O6. The van der Waals surface area contributed by atoms with Crippen molar-refractivity contribution in [2.75, 3.05) is 66.4 Å². The number of hydrogen-bond donors (Lipinski definition) is 6. The summed E-state index contributed by atoms with van der Waals surface area (Å²) in [7, 11) is 1.61. The van der Waals surface area contributed by atoms with Crippen LogP contribution in [0.5, 0.6) is 0 Å². The number of fused-ring (bicyclic) bond motifs is 5. The van der Waals surface area contributed by atoms with Gasteiger partial charge >= 0.3 is 0 Å². The van der Waals surface area contributed by atoms with Crippen LogP contribution < -0.4 is 31.9 Å².